The minimum absolute atomic E-state index is 0.126. The van der Waals surface area contributed by atoms with Gasteiger partial charge in [-0.05, 0) is 6.92 Å². The number of H-pyrrole nitrogens is 1. The molecular formula is C6H10N4O3. The van der Waals surface area contributed by atoms with Crippen LogP contribution in [0.25, 0.3) is 0 Å². The molecule has 1 heterocycles. The lowest BCUT2D eigenvalue weighted by atomic mass is 10.4. The molecule has 7 heteroatoms. The number of hydrogen-bond acceptors (Lipinski definition) is 5. The predicted octanol–water partition coefficient (Wildman–Crippen LogP) is -0.867. The fourth-order valence-electron chi connectivity index (χ4n) is 0.615. The van der Waals surface area contributed by atoms with Gasteiger partial charge in [0.2, 0.25) is 5.95 Å². The van der Waals surface area contributed by atoms with Crippen molar-refractivity contribution in [2.75, 3.05) is 12.4 Å². The van der Waals surface area contributed by atoms with E-state index >= 15 is 0 Å². The van der Waals surface area contributed by atoms with Gasteiger partial charge in [0.05, 0.1) is 7.11 Å². The Balaban J connectivity index is 2.59. The van der Waals surface area contributed by atoms with Crippen LogP contribution < -0.4 is 10.1 Å². The quantitative estimate of drug-likeness (QED) is 0.570. The first-order valence-electron chi connectivity index (χ1n) is 3.59. The number of ether oxygens (including phenoxy) is 1. The van der Waals surface area contributed by atoms with E-state index in [-0.39, 0.29) is 12.0 Å². The van der Waals surface area contributed by atoms with Gasteiger partial charge in [0.25, 0.3) is 5.91 Å². The summed E-state index contributed by atoms with van der Waals surface area (Å²) < 4.78 is 4.67. The fraction of sp³-hybridized carbons (Fsp3) is 0.500. The van der Waals surface area contributed by atoms with Gasteiger partial charge in [0, 0.05) is 0 Å². The van der Waals surface area contributed by atoms with E-state index in [0.717, 1.165) is 0 Å². The summed E-state index contributed by atoms with van der Waals surface area (Å²) >= 11 is 0. The van der Waals surface area contributed by atoms with Gasteiger partial charge in [-0.2, -0.15) is 4.98 Å². The van der Waals surface area contributed by atoms with Gasteiger partial charge in [-0.15, -0.1) is 5.10 Å². The standard InChI is InChI=1S/C6H10N4O3/c1-3(11)4(12)7-5-8-6(13-2)10-9-5/h3,11H,1-2H3,(H2,7,8,9,10,12)/t3-/m0/s1. The Labute approximate surface area is 74.1 Å². The molecule has 13 heavy (non-hydrogen) atoms. The van der Waals surface area contributed by atoms with Crippen LogP contribution in [0.4, 0.5) is 5.95 Å². The molecule has 0 aliphatic rings. The lowest BCUT2D eigenvalue weighted by Gasteiger charge is -2.01. The maximum atomic E-state index is 10.9. The van der Waals surface area contributed by atoms with E-state index in [1.165, 1.54) is 14.0 Å². The molecule has 0 saturated heterocycles. The van der Waals surface area contributed by atoms with Gasteiger partial charge in [-0.3, -0.25) is 10.1 Å². The number of aromatic amines is 1. The van der Waals surface area contributed by atoms with Gasteiger partial charge >= 0.3 is 6.01 Å². The molecule has 7 nitrogen and oxygen atoms in total. The van der Waals surface area contributed by atoms with Gasteiger partial charge in [-0.1, -0.05) is 0 Å². The number of anilines is 1. The highest BCUT2D eigenvalue weighted by molar-refractivity contribution is 5.92. The van der Waals surface area contributed by atoms with E-state index in [2.05, 4.69) is 25.2 Å². The minimum Gasteiger partial charge on any atom is -0.466 e. The molecule has 0 aromatic carbocycles. The Morgan fingerprint density at radius 1 is 1.77 bits per heavy atom. The lowest BCUT2D eigenvalue weighted by Crippen LogP contribution is -2.25. The van der Waals surface area contributed by atoms with Crippen molar-refractivity contribution in [2.24, 2.45) is 0 Å². The van der Waals surface area contributed by atoms with E-state index in [1.807, 2.05) is 0 Å². The van der Waals surface area contributed by atoms with Gasteiger partial charge in [0.15, 0.2) is 0 Å². The van der Waals surface area contributed by atoms with E-state index in [4.69, 9.17) is 5.11 Å². The molecule has 0 radical (unpaired) electrons. The molecule has 1 rings (SSSR count). The molecule has 1 aromatic rings. The monoisotopic (exact) mass is 186 g/mol. The van der Waals surface area contributed by atoms with Crippen molar-refractivity contribution in [2.45, 2.75) is 13.0 Å². The third-order valence-electron chi connectivity index (χ3n) is 1.27. The SMILES string of the molecule is COc1n[nH]c(NC(=O)[C@H](C)O)n1. The van der Waals surface area contributed by atoms with Crippen LogP contribution in [0, 0.1) is 0 Å². The first-order valence-corrected chi connectivity index (χ1v) is 3.59. The van der Waals surface area contributed by atoms with Crippen LogP contribution in [0.3, 0.4) is 0 Å². The van der Waals surface area contributed by atoms with Crippen LogP contribution in [0.2, 0.25) is 0 Å². The van der Waals surface area contributed by atoms with Crippen molar-refractivity contribution in [3.05, 3.63) is 0 Å². The number of nitrogens with zero attached hydrogens (tertiary/aromatic N) is 2. The predicted molar refractivity (Wildman–Crippen MR) is 43.2 cm³/mol. The molecule has 0 unspecified atom stereocenters. The van der Waals surface area contributed by atoms with Crippen LogP contribution in [0.5, 0.6) is 6.01 Å². The highest BCUT2D eigenvalue weighted by atomic mass is 16.5. The number of rotatable bonds is 3. The van der Waals surface area contributed by atoms with Crippen molar-refractivity contribution < 1.29 is 14.6 Å². The lowest BCUT2D eigenvalue weighted by molar-refractivity contribution is -0.123. The van der Waals surface area contributed by atoms with Crippen molar-refractivity contribution in [1.29, 1.82) is 0 Å². The number of aliphatic hydroxyl groups excluding tert-OH is 1. The van der Waals surface area contributed by atoms with Crippen LogP contribution in [0.1, 0.15) is 6.92 Å². The average molecular weight is 186 g/mol. The van der Waals surface area contributed by atoms with E-state index in [0.29, 0.717) is 0 Å². The zero-order valence-electron chi connectivity index (χ0n) is 7.24. The Hall–Kier alpha value is -1.63. The maximum Gasteiger partial charge on any atom is 0.336 e. The van der Waals surface area contributed by atoms with E-state index in [9.17, 15) is 4.79 Å². The molecule has 1 amide bonds. The van der Waals surface area contributed by atoms with Crippen molar-refractivity contribution in [3.63, 3.8) is 0 Å². The van der Waals surface area contributed by atoms with Crippen LogP contribution >= 0.6 is 0 Å². The first-order chi connectivity index (χ1) is 6.13. The van der Waals surface area contributed by atoms with Gasteiger partial charge in [-0.25, -0.2) is 5.10 Å². The zero-order valence-corrected chi connectivity index (χ0v) is 7.24. The molecule has 0 spiro atoms. The summed E-state index contributed by atoms with van der Waals surface area (Å²) in [5.41, 5.74) is 0. The largest absolute Gasteiger partial charge is 0.466 e. The molecule has 0 fully saturated rings. The molecule has 3 N–H and O–H groups in total. The Bertz CT molecular complexity index is 296. The Morgan fingerprint density at radius 3 is 2.92 bits per heavy atom. The van der Waals surface area contributed by atoms with Crippen molar-refractivity contribution >= 4 is 11.9 Å². The zero-order chi connectivity index (χ0) is 9.84. The Kier molecular flexibility index (Phi) is 2.80. The summed E-state index contributed by atoms with van der Waals surface area (Å²) in [5.74, 6) is -0.415. The molecule has 72 valence electrons. The molecule has 1 atom stereocenters. The normalized spacial score (nSPS) is 12.2. The summed E-state index contributed by atoms with van der Waals surface area (Å²) in [5, 5.41) is 17.1. The maximum absolute atomic E-state index is 10.9. The summed E-state index contributed by atoms with van der Waals surface area (Å²) in [6, 6.07) is 0.126. The number of amides is 1. The second kappa shape index (κ2) is 3.85. The molecule has 1 aromatic heterocycles. The fourth-order valence-corrected chi connectivity index (χ4v) is 0.615. The highest BCUT2D eigenvalue weighted by Gasteiger charge is 2.11. The summed E-state index contributed by atoms with van der Waals surface area (Å²) in [6.07, 6.45) is -1.09. The molecule has 0 bridgehead atoms. The second-order valence-electron chi connectivity index (χ2n) is 2.34. The third kappa shape index (κ3) is 2.41. The topological polar surface area (TPSA) is 100 Å². The number of methoxy groups -OCH3 is 1. The highest BCUT2D eigenvalue weighted by Crippen LogP contribution is 2.04. The van der Waals surface area contributed by atoms with Gasteiger partial charge in [0.1, 0.15) is 6.10 Å². The van der Waals surface area contributed by atoms with Crippen LogP contribution in [-0.4, -0.2) is 39.4 Å². The first kappa shape index (κ1) is 9.46. The third-order valence-corrected chi connectivity index (χ3v) is 1.27. The average Bonchev–Trinajstić information content (AvgIpc) is 2.52. The van der Waals surface area contributed by atoms with Crippen molar-refractivity contribution in [1.82, 2.24) is 15.2 Å². The smallest absolute Gasteiger partial charge is 0.336 e. The number of carbonyl (C=O) groups is 1. The number of carbonyl (C=O) groups excluding carboxylic acids is 1. The number of nitrogens with one attached hydrogen (secondary N) is 2. The van der Waals surface area contributed by atoms with Gasteiger partial charge < -0.3 is 9.84 Å². The van der Waals surface area contributed by atoms with E-state index in [1.54, 1.807) is 0 Å². The molecule has 0 aliphatic carbocycles. The summed E-state index contributed by atoms with van der Waals surface area (Å²) in [4.78, 5) is 14.6. The number of aliphatic hydroxyl groups is 1. The second-order valence-corrected chi connectivity index (χ2v) is 2.34. The number of aromatic nitrogens is 3. The van der Waals surface area contributed by atoms with Crippen LogP contribution in [0.15, 0.2) is 0 Å². The number of hydrogen-bond donors (Lipinski definition) is 3. The molecule has 0 aliphatic heterocycles. The molecule has 0 saturated carbocycles. The van der Waals surface area contributed by atoms with E-state index < -0.39 is 12.0 Å². The van der Waals surface area contributed by atoms with Crippen LogP contribution in [-0.2, 0) is 4.79 Å². The summed E-state index contributed by atoms with van der Waals surface area (Å²) in [6.45, 7) is 1.35. The minimum atomic E-state index is -1.09. The van der Waals surface area contributed by atoms with Crippen molar-refractivity contribution in [3.8, 4) is 6.01 Å². The Morgan fingerprint density at radius 2 is 2.46 bits per heavy atom. The summed E-state index contributed by atoms with van der Waals surface area (Å²) in [7, 11) is 1.41. The molecular weight excluding hydrogens is 176 g/mol.